The number of allylic oxidation sites excluding steroid dienone is 1. The van der Waals surface area contributed by atoms with E-state index in [4.69, 9.17) is 4.74 Å². The molecule has 1 aromatic rings. The van der Waals surface area contributed by atoms with Gasteiger partial charge >= 0.3 is 0 Å². The maximum atomic E-state index is 13.4. The molecule has 2 aliphatic rings. The van der Waals surface area contributed by atoms with Gasteiger partial charge in [-0.1, -0.05) is 59.8 Å². The van der Waals surface area contributed by atoms with E-state index in [9.17, 15) is 14.4 Å². The van der Waals surface area contributed by atoms with E-state index < -0.39 is 24.1 Å². The highest BCUT2D eigenvalue weighted by Gasteiger charge is 2.36. The van der Waals surface area contributed by atoms with Crippen molar-refractivity contribution in [2.24, 2.45) is 17.8 Å². The number of hydrogen-bond acceptors (Lipinski definition) is 4. The van der Waals surface area contributed by atoms with Gasteiger partial charge in [0.25, 0.3) is 0 Å². The smallest absolute Gasteiger partial charge is 0.247 e. The third kappa shape index (κ3) is 8.40. The van der Waals surface area contributed by atoms with Crippen LogP contribution in [-0.2, 0) is 14.4 Å². The van der Waals surface area contributed by atoms with Crippen LogP contribution in [0.1, 0.15) is 53.5 Å². The standard InChI is InChI=1S/C26H37N3O4/c1-16(2)7-12-22(30)29-23-24(18(5)6)33-20-10-8-19(9-11-20)13-14-27-25(31)21(15-17(3)4)28-26(23)32/h7-14,16-18,21,23-24H,15H2,1-6H3,(H,27,31)(H,28,32)(H,29,30)/b12-7+,14-13-. The van der Waals surface area contributed by atoms with Crippen LogP contribution < -0.4 is 20.7 Å². The molecule has 3 N–H and O–H groups in total. The zero-order chi connectivity index (χ0) is 24.5. The summed E-state index contributed by atoms with van der Waals surface area (Å²) in [6.07, 6.45) is 6.36. The van der Waals surface area contributed by atoms with Crippen LogP contribution in [0, 0.1) is 17.8 Å². The molecule has 0 radical (unpaired) electrons. The van der Waals surface area contributed by atoms with Crippen molar-refractivity contribution in [2.45, 2.75) is 66.2 Å². The molecule has 0 saturated heterocycles. The van der Waals surface area contributed by atoms with Crippen molar-refractivity contribution in [3.05, 3.63) is 48.2 Å². The molecule has 2 bridgehead atoms. The van der Waals surface area contributed by atoms with Crippen molar-refractivity contribution in [3.63, 3.8) is 0 Å². The largest absolute Gasteiger partial charge is 0.487 e. The maximum Gasteiger partial charge on any atom is 0.247 e. The average molecular weight is 456 g/mol. The monoisotopic (exact) mass is 455 g/mol. The Morgan fingerprint density at radius 3 is 2.30 bits per heavy atom. The summed E-state index contributed by atoms with van der Waals surface area (Å²) < 4.78 is 6.20. The molecule has 3 unspecified atom stereocenters. The van der Waals surface area contributed by atoms with Crippen LogP contribution in [0.5, 0.6) is 5.75 Å². The maximum absolute atomic E-state index is 13.4. The molecule has 0 aromatic heterocycles. The molecule has 3 rings (SSSR count). The average Bonchev–Trinajstić information content (AvgIpc) is 2.74. The van der Waals surface area contributed by atoms with Gasteiger partial charge in [0.1, 0.15) is 23.9 Å². The molecule has 1 aromatic carbocycles. The van der Waals surface area contributed by atoms with E-state index >= 15 is 0 Å². The Morgan fingerprint density at radius 2 is 1.73 bits per heavy atom. The third-order valence-corrected chi connectivity index (χ3v) is 5.19. The van der Waals surface area contributed by atoms with Crippen molar-refractivity contribution in [3.8, 4) is 5.75 Å². The summed E-state index contributed by atoms with van der Waals surface area (Å²) >= 11 is 0. The van der Waals surface area contributed by atoms with E-state index in [2.05, 4.69) is 16.0 Å². The highest BCUT2D eigenvalue weighted by atomic mass is 16.5. The van der Waals surface area contributed by atoms with Crippen LogP contribution in [0.3, 0.4) is 0 Å². The number of rotatable bonds is 6. The van der Waals surface area contributed by atoms with E-state index in [1.807, 2.05) is 53.7 Å². The number of ether oxygens (including phenoxy) is 1. The molecule has 2 aliphatic heterocycles. The number of amides is 3. The normalized spacial score (nSPS) is 22.8. The van der Waals surface area contributed by atoms with Gasteiger partial charge in [0.05, 0.1) is 0 Å². The lowest BCUT2D eigenvalue weighted by Gasteiger charge is -2.32. The van der Waals surface area contributed by atoms with Gasteiger partial charge in [-0.15, -0.1) is 0 Å². The van der Waals surface area contributed by atoms with E-state index in [1.54, 1.807) is 30.5 Å². The zero-order valence-corrected chi connectivity index (χ0v) is 20.4. The first-order valence-electron chi connectivity index (χ1n) is 11.6. The van der Waals surface area contributed by atoms with Gasteiger partial charge < -0.3 is 20.7 Å². The Balaban J connectivity index is 2.46. The second-order valence-electron chi connectivity index (χ2n) is 9.52. The number of carbonyl (C=O) groups is 3. The highest BCUT2D eigenvalue weighted by molar-refractivity contribution is 5.95. The number of benzene rings is 1. The molecule has 7 heteroatoms. The van der Waals surface area contributed by atoms with Gasteiger partial charge in [0, 0.05) is 6.20 Å². The molecule has 2 heterocycles. The highest BCUT2D eigenvalue weighted by Crippen LogP contribution is 2.21. The molecule has 0 fully saturated rings. The first kappa shape index (κ1) is 26.2. The molecule has 0 saturated carbocycles. The number of hydrogen-bond donors (Lipinski definition) is 3. The molecule has 0 aliphatic carbocycles. The molecule has 7 nitrogen and oxygen atoms in total. The van der Waals surface area contributed by atoms with Crippen LogP contribution in [0.15, 0.2) is 42.6 Å². The second-order valence-corrected chi connectivity index (χ2v) is 9.52. The van der Waals surface area contributed by atoms with Gasteiger partial charge in [-0.3, -0.25) is 14.4 Å². The van der Waals surface area contributed by atoms with Crippen LogP contribution in [0.2, 0.25) is 0 Å². The molecular weight excluding hydrogens is 418 g/mol. The van der Waals surface area contributed by atoms with Gasteiger partial charge in [-0.05, 0) is 54.0 Å². The lowest BCUT2D eigenvalue weighted by molar-refractivity contribution is -0.133. The molecule has 3 atom stereocenters. The fourth-order valence-corrected chi connectivity index (χ4v) is 3.47. The molecular formula is C26H37N3O4. The minimum Gasteiger partial charge on any atom is -0.487 e. The molecule has 3 amide bonds. The number of nitrogens with one attached hydrogen (secondary N) is 3. The first-order valence-corrected chi connectivity index (χ1v) is 11.6. The van der Waals surface area contributed by atoms with Gasteiger partial charge in [-0.25, -0.2) is 0 Å². The van der Waals surface area contributed by atoms with Crippen molar-refractivity contribution in [1.29, 1.82) is 0 Å². The topological polar surface area (TPSA) is 96.5 Å². The SMILES string of the molecule is CC(C)/C=C/C(=O)NC1C(=O)NC(CC(C)C)C(=O)N/C=C\c2ccc(cc2)OC1C(C)C. The fourth-order valence-electron chi connectivity index (χ4n) is 3.47. The molecule has 33 heavy (non-hydrogen) atoms. The minimum absolute atomic E-state index is 0.0972. The van der Waals surface area contributed by atoms with Crippen molar-refractivity contribution < 1.29 is 19.1 Å². The van der Waals surface area contributed by atoms with Crippen LogP contribution in [0.4, 0.5) is 0 Å². The predicted molar refractivity (Wildman–Crippen MR) is 130 cm³/mol. The lowest BCUT2D eigenvalue weighted by Crippen LogP contribution is -2.59. The van der Waals surface area contributed by atoms with Crippen molar-refractivity contribution in [1.82, 2.24) is 16.0 Å². The van der Waals surface area contributed by atoms with Gasteiger partial charge in [0.2, 0.25) is 17.7 Å². The Kier molecular flexibility index (Phi) is 9.70. The van der Waals surface area contributed by atoms with Crippen molar-refractivity contribution >= 4 is 23.8 Å². The summed E-state index contributed by atoms with van der Waals surface area (Å²) in [5.74, 6) is -0.295. The minimum atomic E-state index is -0.991. The molecule has 0 spiro atoms. The third-order valence-electron chi connectivity index (χ3n) is 5.19. The number of fused-ring (bicyclic) bond motifs is 10. The van der Waals surface area contributed by atoms with Crippen LogP contribution in [-0.4, -0.2) is 35.9 Å². The summed E-state index contributed by atoms with van der Waals surface area (Å²) in [5.41, 5.74) is 0.897. The fraction of sp³-hybridized carbons (Fsp3) is 0.500. The van der Waals surface area contributed by atoms with E-state index in [0.717, 1.165) is 5.56 Å². The second kappa shape index (κ2) is 12.2. The summed E-state index contributed by atoms with van der Waals surface area (Å²) in [4.78, 5) is 38.9. The van der Waals surface area contributed by atoms with Gasteiger partial charge in [0.15, 0.2) is 0 Å². The summed E-state index contributed by atoms with van der Waals surface area (Å²) in [6, 6.07) is 5.61. The summed E-state index contributed by atoms with van der Waals surface area (Å²) in [7, 11) is 0. The quantitative estimate of drug-likeness (QED) is 0.573. The van der Waals surface area contributed by atoms with E-state index in [1.165, 1.54) is 6.08 Å². The lowest BCUT2D eigenvalue weighted by atomic mass is 9.96. The van der Waals surface area contributed by atoms with Crippen LogP contribution in [0.25, 0.3) is 6.08 Å². The zero-order valence-electron chi connectivity index (χ0n) is 20.4. The predicted octanol–water partition coefficient (Wildman–Crippen LogP) is 3.42. The Labute approximate surface area is 197 Å². The van der Waals surface area contributed by atoms with Gasteiger partial charge in [-0.2, -0.15) is 0 Å². The van der Waals surface area contributed by atoms with E-state index in [0.29, 0.717) is 12.2 Å². The molecule has 180 valence electrons. The van der Waals surface area contributed by atoms with E-state index in [-0.39, 0.29) is 29.6 Å². The Morgan fingerprint density at radius 1 is 1.06 bits per heavy atom. The first-order chi connectivity index (χ1) is 15.6. The Hall–Kier alpha value is -3.09. The summed E-state index contributed by atoms with van der Waals surface area (Å²) in [5, 5.41) is 8.41. The van der Waals surface area contributed by atoms with Crippen LogP contribution >= 0.6 is 0 Å². The number of carbonyl (C=O) groups excluding carboxylic acids is 3. The summed E-state index contributed by atoms with van der Waals surface area (Å²) in [6.45, 7) is 11.8. The van der Waals surface area contributed by atoms with Crippen molar-refractivity contribution in [2.75, 3.05) is 0 Å². The Bertz CT molecular complexity index is 872.